The predicted octanol–water partition coefficient (Wildman–Crippen LogP) is 2.78. The summed E-state index contributed by atoms with van der Waals surface area (Å²) in [7, 11) is 0. The van der Waals surface area contributed by atoms with Gasteiger partial charge in [0.1, 0.15) is 6.04 Å². The van der Waals surface area contributed by atoms with Gasteiger partial charge in [-0.2, -0.15) is 0 Å². The molecule has 1 fully saturated rings. The van der Waals surface area contributed by atoms with Crippen molar-refractivity contribution in [1.29, 1.82) is 0 Å². The molecule has 26 heavy (non-hydrogen) atoms. The quantitative estimate of drug-likeness (QED) is 0.787. The number of thiophene rings is 1. The van der Waals surface area contributed by atoms with E-state index in [1.165, 1.54) is 29.7 Å². The molecule has 0 aliphatic carbocycles. The predicted molar refractivity (Wildman–Crippen MR) is 104 cm³/mol. The molecular formula is C20H25N3O2S. The number of rotatable bonds is 7. The molecule has 0 saturated carbocycles. The van der Waals surface area contributed by atoms with Crippen molar-refractivity contribution in [2.45, 2.75) is 38.9 Å². The molecule has 138 valence electrons. The molecule has 2 aromatic rings. The van der Waals surface area contributed by atoms with Crippen molar-refractivity contribution in [3.8, 4) is 0 Å². The van der Waals surface area contributed by atoms with Gasteiger partial charge in [-0.15, -0.1) is 11.3 Å². The minimum atomic E-state index is -0.574. The van der Waals surface area contributed by atoms with E-state index in [1.54, 1.807) is 13.0 Å². The topological polar surface area (TPSA) is 61.4 Å². The average molecular weight is 372 g/mol. The van der Waals surface area contributed by atoms with E-state index < -0.39 is 6.04 Å². The summed E-state index contributed by atoms with van der Waals surface area (Å²) in [5.74, 6) is -0.386. The zero-order valence-electron chi connectivity index (χ0n) is 15.0. The maximum absolute atomic E-state index is 12.3. The lowest BCUT2D eigenvalue weighted by molar-refractivity contribution is -0.122. The standard InChI is InChI=1S/C20H25N3O2S/c1-15(22-20(25)18-9-6-12-26-18)19(24)21-13-16-7-2-3-8-17(16)14-23-10-4-5-11-23/h2-3,6-9,12,15H,4-5,10-11,13-14H2,1H3,(H,21,24)(H,22,25)/t15-/m0/s1. The number of likely N-dealkylation sites (tertiary alicyclic amines) is 1. The smallest absolute Gasteiger partial charge is 0.261 e. The molecule has 1 aliphatic heterocycles. The number of nitrogens with one attached hydrogen (secondary N) is 2. The summed E-state index contributed by atoms with van der Waals surface area (Å²) < 4.78 is 0. The Morgan fingerprint density at radius 1 is 1.12 bits per heavy atom. The van der Waals surface area contributed by atoms with Crippen LogP contribution in [0, 0.1) is 0 Å². The number of hydrogen-bond acceptors (Lipinski definition) is 4. The fourth-order valence-electron chi connectivity index (χ4n) is 3.14. The van der Waals surface area contributed by atoms with Gasteiger partial charge in [-0.3, -0.25) is 14.5 Å². The van der Waals surface area contributed by atoms with Crippen LogP contribution in [0.5, 0.6) is 0 Å². The van der Waals surface area contributed by atoms with Crippen molar-refractivity contribution in [2.24, 2.45) is 0 Å². The van der Waals surface area contributed by atoms with Gasteiger partial charge < -0.3 is 10.6 Å². The van der Waals surface area contributed by atoms with Crippen molar-refractivity contribution >= 4 is 23.2 Å². The van der Waals surface area contributed by atoms with Crippen molar-refractivity contribution in [2.75, 3.05) is 13.1 Å². The van der Waals surface area contributed by atoms with Crippen LogP contribution in [-0.4, -0.2) is 35.8 Å². The second-order valence-electron chi connectivity index (χ2n) is 6.64. The van der Waals surface area contributed by atoms with Crippen LogP contribution in [0.2, 0.25) is 0 Å². The lowest BCUT2D eigenvalue weighted by Gasteiger charge is -2.18. The van der Waals surface area contributed by atoms with Gasteiger partial charge in [-0.1, -0.05) is 30.3 Å². The lowest BCUT2D eigenvalue weighted by Crippen LogP contribution is -2.44. The summed E-state index contributed by atoms with van der Waals surface area (Å²) in [5, 5.41) is 7.53. The molecule has 6 heteroatoms. The first-order valence-electron chi connectivity index (χ1n) is 9.04. The molecule has 0 bridgehead atoms. The van der Waals surface area contributed by atoms with Gasteiger partial charge in [0, 0.05) is 13.1 Å². The zero-order chi connectivity index (χ0) is 18.4. The molecule has 1 aromatic carbocycles. The molecule has 0 spiro atoms. The summed E-state index contributed by atoms with van der Waals surface area (Å²) in [4.78, 5) is 27.5. The number of carbonyl (C=O) groups excluding carboxylic acids is 2. The van der Waals surface area contributed by atoms with Gasteiger partial charge in [0.2, 0.25) is 5.91 Å². The molecule has 2 heterocycles. The number of hydrogen-bond donors (Lipinski definition) is 2. The zero-order valence-corrected chi connectivity index (χ0v) is 15.8. The highest BCUT2D eigenvalue weighted by atomic mass is 32.1. The Morgan fingerprint density at radius 3 is 2.54 bits per heavy atom. The Morgan fingerprint density at radius 2 is 1.85 bits per heavy atom. The highest BCUT2D eigenvalue weighted by molar-refractivity contribution is 7.12. The Hall–Kier alpha value is -2.18. The molecule has 0 unspecified atom stereocenters. The summed E-state index contributed by atoms with van der Waals surface area (Å²) in [6.07, 6.45) is 2.53. The van der Waals surface area contributed by atoms with E-state index in [4.69, 9.17) is 0 Å². The van der Waals surface area contributed by atoms with Crippen LogP contribution in [0.25, 0.3) is 0 Å². The summed E-state index contributed by atoms with van der Waals surface area (Å²) >= 11 is 1.36. The molecular weight excluding hydrogens is 346 g/mol. The number of benzene rings is 1. The van der Waals surface area contributed by atoms with E-state index in [9.17, 15) is 9.59 Å². The first-order valence-corrected chi connectivity index (χ1v) is 9.92. The minimum absolute atomic E-state index is 0.175. The van der Waals surface area contributed by atoms with Crippen LogP contribution >= 0.6 is 11.3 Å². The monoisotopic (exact) mass is 371 g/mol. The Balaban J connectivity index is 1.53. The number of carbonyl (C=O) groups is 2. The fraction of sp³-hybridized carbons (Fsp3) is 0.400. The number of nitrogens with zero attached hydrogens (tertiary/aromatic N) is 1. The average Bonchev–Trinajstić information content (AvgIpc) is 3.34. The normalized spacial score (nSPS) is 15.6. The van der Waals surface area contributed by atoms with E-state index >= 15 is 0 Å². The SMILES string of the molecule is C[C@H](NC(=O)c1cccs1)C(=O)NCc1ccccc1CN1CCCC1. The maximum atomic E-state index is 12.3. The van der Waals surface area contributed by atoms with Crippen LogP contribution in [0.3, 0.4) is 0 Å². The third-order valence-electron chi connectivity index (χ3n) is 4.65. The van der Waals surface area contributed by atoms with Gasteiger partial charge >= 0.3 is 0 Å². The van der Waals surface area contributed by atoms with Gasteiger partial charge in [-0.25, -0.2) is 0 Å². The van der Waals surface area contributed by atoms with E-state index in [2.05, 4.69) is 27.7 Å². The first kappa shape index (κ1) is 18.6. The van der Waals surface area contributed by atoms with Crippen LogP contribution in [0.4, 0.5) is 0 Å². The Bertz CT molecular complexity index is 739. The van der Waals surface area contributed by atoms with E-state index in [0.29, 0.717) is 11.4 Å². The maximum Gasteiger partial charge on any atom is 0.261 e. The van der Waals surface area contributed by atoms with Crippen LogP contribution in [-0.2, 0) is 17.9 Å². The molecule has 1 saturated heterocycles. The highest BCUT2D eigenvalue weighted by Crippen LogP contribution is 2.16. The van der Waals surface area contributed by atoms with Crippen LogP contribution in [0.1, 0.15) is 40.6 Å². The highest BCUT2D eigenvalue weighted by Gasteiger charge is 2.18. The Kier molecular flexibility index (Phi) is 6.41. The van der Waals surface area contributed by atoms with Crippen molar-refractivity contribution in [1.82, 2.24) is 15.5 Å². The van der Waals surface area contributed by atoms with Crippen LogP contribution in [0.15, 0.2) is 41.8 Å². The lowest BCUT2D eigenvalue weighted by atomic mass is 10.1. The summed E-state index contributed by atoms with van der Waals surface area (Å²) in [6, 6.07) is 11.2. The van der Waals surface area contributed by atoms with Crippen molar-refractivity contribution < 1.29 is 9.59 Å². The molecule has 0 radical (unpaired) electrons. The van der Waals surface area contributed by atoms with Gasteiger partial charge in [-0.05, 0) is 55.4 Å². The van der Waals surface area contributed by atoms with Gasteiger partial charge in [0.05, 0.1) is 4.88 Å². The summed E-state index contributed by atoms with van der Waals surface area (Å²) in [6.45, 7) is 5.40. The van der Waals surface area contributed by atoms with Crippen molar-refractivity contribution in [3.05, 3.63) is 57.8 Å². The van der Waals surface area contributed by atoms with Gasteiger partial charge in [0.25, 0.3) is 5.91 Å². The molecule has 2 N–H and O–H groups in total. The molecule has 5 nitrogen and oxygen atoms in total. The summed E-state index contributed by atoms with van der Waals surface area (Å²) in [5.41, 5.74) is 2.38. The fourth-order valence-corrected chi connectivity index (χ4v) is 3.77. The van der Waals surface area contributed by atoms with E-state index in [1.807, 2.05) is 23.6 Å². The third kappa shape index (κ3) is 4.93. The molecule has 2 amide bonds. The van der Waals surface area contributed by atoms with Gasteiger partial charge in [0.15, 0.2) is 0 Å². The number of amides is 2. The third-order valence-corrected chi connectivity index (χ3v) is 5.52. The first-order chi connectivity index (χ1) is 12.6. The molecule has 1 aromatic heterocycles. The second kappa shape index (κ2) is 8.96. The van der Waals surface area contributed by atoms with E-state index in [0.717, 1.165) is 25.2 Å². The Labute approximate surface area is 158 Å². The molecule has 1 aliphatic rings. The van der Waals surface area contributed by atoms with Crippen LogP contribution < -0.4 is 10.6 Å². The second-order valence-corrected chi connectivity index (χ2v) is 7.59. The minimum Gasteiger partial charge on any atom is -0.350 e. The molecule has 1 atom stereocenters. The largest absolute Gasteiger partial charge is 0.350 e. The van der Waals surface area contributed by atoms with Crippen molar-refractivity contribution in [3.63, 3.8) is 0 Å². The molecule has 3 rings (SSSR count). The van der Waals surface area contributed by atoms with E-state index in [-0.39, 0.29) is 11.8 Å².